The number of hydrogen-bond acceptors (Lipinski definition) is 2. The molecule has 0 radical (unpaired) electrons. The molecule has 47 heavy (non-hydrogen) atoms. The molecular weight excluding hydrogens is 632 g/mol. The summed E-state index contributed by atoms with van der Waals surface area (Å²) < 4.78 is 0. The topological polar surface area (TPSA) is 40.5 Å². The second-order valence-corrected chi connectivity index (χ2v) is 20.5. The fourth-order valence-corrected chi connectivity index (χ4v) is 9.80. The van der Waals surface area contributed by atoms with Crippen molar-refractivity contribution in [1.82, 2.24) is 0 Å². The maximum Gasteiger partial charge on any atom is 0.246 e. The van der Waals surface area contributed by atoms with E-state index in [2.05, 4.69) is 32.0 Å². The molecule has 0 heterocycles. The Morgan fingerprint density at radius 2 is 0.745 bits per heavy atom. The lowest BCUT2D eigenvalue weighted by molar-refractivity contribution is 0.502. The first-order chi connectivity index (χ1) is 23.0. The number of aryl methyl sites for hydroxylation is 1. The molecule has 2 nitrogen and oxygen atoms in total. The normalized spacial score (nSPS) is 11.9. The van der Waals surface area contributed by atoms with Crippen molar-refractivity contribution in [1.29, 1.82) is 0 Å². The van der Waals surface area contributed by atoms with Crippen LogP contribution in [0.3, 0.4) is 0 Å². The lowest BCUT2D eigenvalue weighted by Crippen LogP contribution is -1.98. The molecule has 0 unspecified atom stereocenters. The van der Waals surface area contributed by atoms with Crippen LogP contribution in [-0.2, 0) is 24.6 Å². The van der Waals surface area contributed by atoms with Crippen LogP contribution in [0, 0.1) is 0 Å². The van der Waals surface area contributed by atoms with Gasteiger partial charge in [-0.2, -0.15) is 0 Å². The van der Waals surface area contributed by atoms with Gasteiger partial charge < -0.3 is 9.79 Å². The highest BCUT2D eigenvalue weighted by Gasteiger charge is 2.16. The van der Waals surface area contributed by atoms with Crippen molar-refractivity contribution in [3.8, 4) is 0 Å². The van der Waals surface area contributed by atoms with Gasteiger partial charge in [0.25, 0.3) is 0 Å². The summed E-state index contributed by atoms with van der Waals surface area (Å²) in [6.45, 7) is 4.59. The first-order valence-corrected chi connectivity index (χ1v) is 25.0. The first kappa shape index (κ1) is 45.2. The lowest BCUT2D eigenvalue weighted by atomic mass is 9.96. The highest BCUT2D eigenvalue weighted by Crippen LogP contribution is 2.56. The van der Waals surface area contributed by atoms with E-state index in [0.29, 0.717) is 0 Å². The summed E-state index contributed by atoms with van der Waals surface area (Å²) in [4.78, 5) is 21.1. The standard InChI is InChI=1S/C42H79O2PS2/c1-3-5-7-9-11-13-15-17-19-21-23-25-27-29-31-33-36-40-37-35-39-42(47-45(43,44)46)41(40)38-34-32-30-28-26-24-22-20-18-16-14-12-10-8-6-4-2/h35,37,39H,3-34,36,38H2,1-2H3,(H2,43,44,46). The fourth-order valence-electron chi connectivity index (χ4n) is 7.06. The largest absolute Gasteiger partial charge is 0.337 e. The molecule has 1 aromatic rings. The van der Waals surface area contributed by atoms with Crippen molar-refractivity contribution in [3.05, 3.63) is 29.3 Å². The van der Waals surface area contributed by atoms with Crippen molar-refractivity contribution >= 4 is 28.9 Å². The van der Waals surface area contributed by atoms with Gasteiger partial charge in [0.05, 0.1) is 0 Å². The van der Waals surface area contributed by atoms with Crippen molar-refractivity contribution < 1.29 is 9.79 Å². The molecule has 1 rings (SSSR count). The SMILES string of the molecule is CCCCCCCCCCCCCCCCCCc1cccc(SP(O)(O)=S)c1CCCCCCCCCCCCCCCCCC. The van der Waals surface area contributed by atoms with Gasteiger partial charge >= 0.3 is 0 Å². The van der Waals surface area contributed by atoms with E-state index in [1.54, 1.807) is 0 Å². The maximum absolute atomic E-state index is 10.1. The predicted octanol–water partition coefficient (Wildman–Crippen LogP) is 15.6. The summed E-state index contributed by atoms with van der Waals surface area (Å²) in [5, 5.41) is 0. The Morgan fingerprint density at radius 3 is 1.06 bits per heavy atom. The average Bonchev–Trinajstić information content (AvgIpc) is 3.04. The third kappa shape index (κ3) is 29.6. The van der Waals surface area contributed by atoms with E-state index in [-0.39, 0.29) is 0 Å². The minimum atomic E-state index is -3.32. The molecule has 0 saturated carbocycles. The van der Waals surface area contributed by atoms with Crippen molar-refractivity contribution in [3.63, 3.8) is 0 Å². The highest BCUT2D eigenvalue weighted by atomic mass is 32.9. The van der Waals surface area contributed by atoms with Gasteiger partial charge in [-0.15, -0.1) is 0 Å². The highest BCUT2D eigenvalue weighted by molar-refractivity contribution is 8.67. The Bertz CT molecular complexity index is 855. The summed E-state index contributed by atoms with van der Waals surface area (Å²) >= 11 is 6.15. The predicted molar refractivity (Wildman–Crippen MR) is 218 cm³/mol. The van der Waals surface area contributed by atoms with E-state index in [4.69, 9.17) is 11.8 Å². The van der Waals surface area contributed by atoms with Crippen LogP contribution in [0.4, 0.5) is 0 Å². The van der Waals surface area contributed by atoms with Crippen LogP contribution >= 0.6 is 17.1 Å². The molecule has 0 fully saturated rings. The van der Waals surface area contributed by atoms with E-state index in [0.717, 1.165) is 29.1 Å². The zero-order valence-electron chi connectivity index (χ0n) is 31.4. The van der Waals surface area contributed by atoms with E-state index >= 15 is 0 Å². The van der Waals surface area contributed by atoms with Gasteiger partial charge in [0.15, 0.2) is 0 Å². The molecule has 0 aliphatic rings. The molecule has 2 N–H and O–H groups in total. The van der Waals surface area contributed by atoms with Crippen molar-refractivity contribution in [2.45, 2.75) is 237 Å². The zero-order valence-corrected chi connectivity index (χ0v) is 34.0. The quantitative estimate of drug-likeness (QED) is 0.0537. The number of benzene rings is 1. The molecule has 0 aromatic heterocycles. The molecule has 0 aliphatic carbocycles. The number of rotatable bonds is 36. The second kappa shape index (κ2) is 33.3. The van der Waals surface area contributed by atoms with Crippen LogP contribution in [0.1, 0.15) is 230 Å². The Balaban J connectivity index is 2.18. The second-order valence-electron chi connectivity index (χ2n) is 14.6. The minimum absolute atomic E-state index is 1.01. The number of unbranched alkanes of at least 4 members (excludes halogenated alkanes) is 30. The molecule has 0 amide bonds. The molecule has 0 atom stereocenters. The summed E-state index contributed by atoms with van der Waals surface area (Å²) in [5.41, 5.74) is -0.583. The molecule has 0 saturated heterocycles. The van der Waals surface area contributed by atoms with Crippen LogP contribution in [0.2, 0.25) is 0 Å². The van der Waals surface area contributed by atoms with Crippen LogP contribution in [0.15, 0.2) is 23.1 Å². The zero-order chi connectivity index (χ0) is 34.1. The lowest BCUT2D eigenvalue weighted by Gasteiger charge is -2.16. The smallest absolute Gasteiger partial charge is 0.246 e. The first-order valence-electron chi connectivity index (χ1n) is 20.8. The molecule has 0 bridgehead atoms. The van der Waals surface area contributed by atoms with E-state index in [1.807, 2.05) is 0 Å². The van der Waals surface area contributed by atoms with Gasteiger partial charge in [0, 0.05) is 4.90 Å². The molecule has 5 heteroatoms. The Morgan fingerprint density at radius 1 is 0.447 bits per heavy atom. The fraction of sp³-hybridized carbons (Fsp3) is 0.857. The van der Waals surface area contributed by atoms with Gasteiger partial charge in [-0.3, -0.25) is 0 Å². The molecule has 0 aliphatic heterocycles. The summed E-state index contributed by atoms with van der Waals surface area (Å²) in [5.74, 6) is 0. The third-order valence-corrected chi connectivity index (χ3v) is 12.8. The van der Waals surface area contributed by atoms with Crippen molar-refractivity contribution in [2.75, 3.05) is 0 Å². The molecular formula is C42H79O2PS2. The summed E-state index contributed by atoms with van der Waals surface area (Å²) in [6, 6.07) is 6.42. The Labute approximate surface area is 303 Å². The average molecular weight is 711 g/mol. The van der Waals surface area contributed by atoms with Gasteiger partial charge in [0.1, 0.15) is 0 Å². The van der Waals surface area contributed by atoms with Gasteiger partial charge in [-0.1, -0.05) is 219 Å². The minimum Gasteiger partial charge on any atom is -0.337 e. The maximum atomic E-state index is 10.1. The summed E-state index contributed by atoms with van der Waals surface area (Å²) in [7, 11) is 0. The summed E-state index contributed by atoms with van der Waals surface area (Å²) in [6.07, 6.45) is 46.6. The Hall–Kier alpha value is 0.140. The van der Waals surface area contributed by atoms with E-state index in [1.165, 1.54) is 217 Å². The van der Waals surface area contributed by atoms with Gasteiger partial charge in [-0.05, 0) is 66.1 Å². The van der Waals surface area contributed by atoms with Gasteiger partial charge in [-0.25, -0.2) is 0 Å². The monoisotopic (exact) mass is 711 g/mol. The Kier molecular flexibility index (Phi) is 32.0. The van der Waals surface area contributed by atoms with Crippen LogP contribution in [0.25, 0.3) is 0 Å². The van der Waals surface area contributed by atoms with E-state index in [9.17, 15) is 9.79 Å². The van der Waals surface area contributed by atoms with Crippen molar-refractivity contribution in [2.24, 2.45) is 0 Å². The molecule has 276 valence electrons. The van der Waals surface area contributed by atoms with Gasteiger partial charge in [0.2, 0.25) is 5.69 Å². The van der Waals surface area contributed by atoms with Crippen LogP contribution < -0.4 is 0 Å². The van der Waals surface area contributed by atoms with E-state index < -0.39 is 5.69 Å². The molecule has 0 spiro atoms. The van der Waals surface area contributed by atoms with Crippen LogP contribution in [0.5, 0.6) is 0 Å². The van der Waals surface area contributed by atoms with Crippen LogP contribution in [-0.4, -0.2) is 9.79 Å². The number of hydrogen-bond donors (Lipinski definition) is 2. The third-order valence-electron chi connectivity index (χ3n) is 10.0. The molecule has 1 aromatic carbocycles.